The molecular formula is C52H38F5N4S+. The summed E-state index contributed by atoms with van der Waals surface area (Å²) < 4.78 is 78.3. The van der Waals surface area contributed by atoms with Crippen LogP contribution in [0.4, 0.5) is 61.1 Å². The average Bonchev–Trinajstić information content (AvgIpc) is 3.66. The first kappa shape index (κ1) is 41.4. The number of hydrogen-bond donors (Lipinski definition) is 0. The number of anilines is 5. The van der Waals surface area contributed by atoms with Gasteiger partial charge in [-0.2, -0.15) is 13.4 Å². The quantitative estimate of drug-likeness (QED) is 0.0731. The highest BCUT2D eigenvalue weighted by Crippen LogP contribution is 2.56. The summed E-state index contributed by atoms with van der Waals surface area (Å²) in [6, 6.07) is 40.3. The van der Waals surface area contributed by atoms with E-state index in [0.29, 0.717) is 43.6 Å². The number of nitrogens with zero attached hydrogens (tertiary/aromatic N) is 4. The molecule has 0 radical (unpaired) electrons. The van der Waals surface area contributed by atoms with Gasteiger partial charge in [-0.25, -0.2) is 18.0 Å². The zero-order valence-corrected chi connectivity index (χ0v) is 34.5. The predicted octanol–water partition coefficient (Wildman–Crippen LogP) is 15.0. The fourth-order valence-electron chi connectivity index (χ4n) is 7.77. The second-order valence-corrected chi connectivity index (χ2v) is 15.2. The van der Waals surface area contributed by atoms with Gasteiger partial charge in [-0.05, 0) is 104 Å². The molecule has 0 unspecified atom stereocenters. The van der Waals surface area contributed by atoms with Crippen LogP contribution in [0.2, 0.25) is 0 Å². The largest absolute Gasteiger partial charge is 0.337 e. The SMILES string of the molecule is [C-]#[N+]c1c(N(c2ccccc2)c2ccccc2)sc(C(=C2C=CC(=[N+](CC)c3c(F)cccc3F)C=C2)c2ccc(N(CC)c3c(F)cccc3F)cc2)c1-c1ccccc1F. The van der Waals surface area contributed by atoms with Crippen molar-refractivity contribution in [1.29, 1.82) is 0 Å². The summed E-state index contributed by atoms with van der Waals surface area (Å²) in [7, 11) is 0. The van der Waals surface area contributed by atoms with Crippen LogP contribution in [0.3, 0.4) is 0 Å². The van der Waals surface area contributed by atoms with Crippen LogP contribution in [0.15, 0.2) is 175 Å². The van der Waals surface area contributed by atoms with Crippen LogP contribution in [0.25, 0.3) is 21.5 Å². The Kier molecular flexibility index (Phi) is 12.1. The van der Waals surface area contributed by atoms with Crippen molar-refractivity contribution in [2.24, 2.45) is 0 Å². The second kappa shape index (κ2) is 18.1. The molecule has 0 saturated carbocycles. The lowest BCUT2D eigenvalue weighted by atomic mass is 9.91. The zero-order valence-electron chi connectivity index (χ0n) is 33.7. The van der Waals surface area contributed by atoms with Gasteiger partial charge in [0.25, 0.3) is 5.69 Å². The molecule has 0 bridgehead atoms. The van der Waals surface area contributed by atoms with Gasteiger partial charge in [-0.3, -0.25) is 0 Å². The Balaban J connectivity index is 1.41. The normalized spacial score (nSPS) is 12.0. The van der Waals surface area contributed by atoms with Crippen LogP contribution in [-0.4, -0.2) is 23.4 Å². The van der Waals surface area contributed by atoms with Gasteiger partial charge in [0.15, 0.2) is 11.6 Å². The van der Waals surface area contributed by atoms with Gasteiger partial charge in [0.05, 0.1) is 6.57 Å². The molecule has 7 aromatic rings. The maximum absolute atomic E-state index is 16.3. The molecule has 306 valence electrons. The standard InChI is InChI=1S/C52H38F5N4S/c1-4-59(49-42(54)22-14-23-43(49)55)36-30-26-34(27-31-36)46(35-28-32-37(33-29-35)60(5-2)50-44(56)24-15-25-45(50)57)51-47(40-20-12-13-21-41(40)53)48(58-3)52(62-51)61(38-16-8-6-9-17-38)39-18-10-7-11-19-39/h6-33H,4-5H2,1-2H3/q+1. The first-order chi connectivity index (χ1) is 30.2. The molecular weight excluding hydrogens is 808 g/mol. The Morgan fingerprint density at radius 3 is 1.66 bits per heavy atom. The lowest BCUT2D eigenvalue weighted by Gasteiger charge is -2.25. The molecule has 0 aliphatic heterocycles. The van der Waals surface area contributed by atoms with Crippen molar-refractivity contribution in [3.63, 3.8) is 0 Å². The van der Waals surface area contributed by atoms with E-state index in [4.69, 9.17) is 6.57 Å². The molecule has 0 saturated heterocycles. The van der Waals surface area contributed by atoms with E-state index in [1.54, 1.807) is 65.8 Å². The van der Waals surface area contributed by atoms with E-state index in [-0.39, 0.29) is 35.7 Å². The average molecular weight is 846 g/mol. The van der Waals surface area contributed by atoms with Crippen molar-refractivity contribution in [3.8, 4) is 11.1 Å². The first-order valence-corrected chi connectivity index (χ1v) is 20.8. The van der Waals surface area contributed by atoms with Crippen molar-refractivity contribution in [1.82, 2.24) is 0 Å². The third kappa shape index (κ3) is 7.86. The number of benzene rings is 6. The summed E-state index contributed by atoms with van der Waals surface area (Å²) in [5.74, 6) is -3.32. The minimum Gasteiger partial charge on any atom is -0.337 e. The van der Waals surface area contributed by atoms with E-state index in [0.717, 1.165) is 11.4 Å². The molecule has 6 aromatic carbocycles. The minimum atomic E-state index is -0.701. The van der Waals surface area contributed by atoms with Gasteiger partial charge >= 0.3 is 0 Å². The maximum atomic E-state index is 16.3. The first-order valence-electron chi connectivity index (χ1n) is 19.9. The molecule has 1 aliphatic rings. The van der Waals surface area contributed by atoms with Gasteiger partial charge in [-0.1, -0.05) is 78.9 Å². The number of halogens is 5. The Hall–Kier alpha value is -7.35. The third-order valence-corrected chi connectivity index (χ3v) is 11.7. The van der Waals surface area contributed by atoms with E-state index in [9.17, 15) is 0 Å². The number of hydrogen-bond acceptors (Lipinski definition) is 3. The van der Waals surface area contributed by atoms with E-state index < -0.39 is 29.1 Å². The number of rotatable bonds is 11. The molecule has 1 heterocycles. The molecule has 0 atom stereocenters. The Labute approximate surface area is 361 Å². The molecule has 1 aliphatic carbocycles. The van der Waals surface area contributed by atoms with Crippen molar-refractivity contribution >= 4 is 61.7 Å². The molecule has 0 N–H and O–H groups in total. The fraction of sp³-hybridized carbons (Fsp3) is 0.0769. The minimum absolute atomic E-state index is 0.178. The van der Waals surface area contributed by atoms with Crippen molar-refractivity contribution < 1.29 is 26.5 Å². The van der Waals surface area contributed by atoms with E-state index in [2.05, 4.69) is 4.85 Å². The van der Waals surface area contributed by atoms with Crippen LogP contribution in [-0.2, 0) is 0 Å². The number of allylic oxidation sites excluding steroid dienone is 5. The molecule has 4 nitrogen and oxygen atoms in total. The summed E-state index contributed by atoms with van der Waals surface area (Å²) in [5.41, 5.74) is 5.05. The summed E-state index contributed by atoms with van der Waals surface area (Å²) >= 11 is 1.33. The maximum Gasteiger partial charge on any atom is 0.277 e. The van der Waals surface area contributed by atoms with Crippen LogP contribution in [0, 0.1) is 35.7 Å². The highest BCUT2D eigenvalue weighted by atomic mass is 32.1. The van der Waals surface area contributed by atoms with Gasteiger partial charge in [0, 0.05) is 57.3 Å². The van der Waals surface area contributed by atoms with Gasteiger partial charge < -0.3 is 9.80 Å². The molecule has 8 rings (SSSR count). The van der Waals surface area contributed by atoms with Crippen molar-refractivity contribution in [2.45, 2.75) is 13.8 Å². The third-order valence-electron chi connectivity index (χ3n) is 10.6. The van der Waals surface area contributed by atoms with Crippen LogP contribution in [0.1, 0.15) is 24.3 Å². The second-order valence-electron chi connectivity index (χ2n) is 14.2. The van der Waals surface area contributed by atoms with Crippen LogP contribution >= 0.6 is 11.3 Å². The van der Waals surface area contributed by atoms with E-state index >= 15 is 22.0 Å². The summed E-state index contributed by atoms with van der Waals surface area (Å²) in [6.07, 6.45) is 7.21. The molecule has 0 amide bonds. The fourth-order valence-corrected chi connectivity index (χ4v) is 9.16. The molecule has 0 spiro atoms. The zero-order chi connectivity index (χ0) is 43.3. The monoisotopic (exact) mass is 845 g/mol. The predicted molar refractivity (Wildman–Crippen MR) is 242 cm³/mol. The number of para-hydroxylation sites is 4. The van der Waals surface area contributed by atoms with Crippen LogP contribution < -0.4 is 9.80 Å². The van der Waals surface area contributed by atoms with Crippen LogP contribution in [0.5, 0.6) is 0 Å². The summed E-state index contributed by atoms with van der Waals surface area (Å²) in [6.45, 7) is 12.8. The van der Waals surface area contributed by atoms with Gasteiger partial charge in [0.2, 0.25) is 11.4 Å². The summed E-state index contributed by atoms with van der Waals surface area (Å²) in [4.78, 5) is 8.24. The molecule has 0 fully saturated rings. The highest BCUT2D eigenvalue weighted by Gasteiger charge is 2.31. The topological polar surface area (TPSA) is 13.8 Å². The van der Waals surface area contributed by atoms with E-state index in [1.165, 1.54) is 53.8 Å². The Bertz CT molecular complexity index is 2850. The Morgan fingerprint density at radius 1 is 0.597 bits per heavy atom. The smallest absolute Gasteiger partial charge is 0.277 e. The van der Waals surface area contributed by atoms with Crippen molar-refractivity contribution in [3.05, 3.63) is 226 Å². The lowest BCUT2D eigenvalue weighted by Crippen LogP contribution is -2.19. The van der Waals surface area contributed by atoms with Gasteiger partial charge in [0.1, 0.15) is 34.7 Å². The lowest BCUT2D eigenvalue weighted by molar-refractivity contribution is -0.439. The molecule has 1 aromatic heterocycles. The summed E-state index contributed by atoms with van der Waals surface area (Å²) in [5, 5.41) is 0.552. The number of thiophene rings is 1. The van der Waals surface area contributed by atoms with Gasteiger partial charge in [-0.15, -0.1) is 11.3 Å². The van der Waals surface area contributed by atoms with Crippen molar-refractivity contribution in [2.75, 3.05) is 22.9 Å². The molecule has 62 heavy (non-hydrogen) atoms. The Morgan fingerprint density at radius 2 is 1.13 bits per heavy atom. The van der Waals surface area contributed by atoms with E-state index in [1.807, 2.05) is 89.8 Å². The molecule has 10 heteroatoms. The highest BCUT2D eigenvalue weighted by molar-refractivity contribution is 7.18.